The van der Waals surface area contributed by atoms with Crippen LogP contribution in [0.5, 0.6) is 0 Å². The summed E-state index contributed by atoms with van der Waals surface area (Å²) in [7, 11) is -3.54. The van der Waals surface area contributed by atoms with Crippen LogP contribution in [0.3, 0.4) is 0 Å². The molecule has 0 aliphatic carbocycles. The summed E-state index contributed by atoms with van der Waals surface area (Å²) in [6.07, 6.45) is 0.978. The number of nitrogens with zero attached hydrogens (tertiary/aromatic N) is 1. The van der Waals surface area contributed by atoms with Gasteiger partial charge in [-0.3, -0.25) is 4.79 Å². The van der Waals surface area contributed by atoms with Gasteiger partial charge in [0.1, 0.15) is 0 Å². The molecular formula is C20H25N3O3S. The second-order valence-corrected chi connectivity index (χ2v) is 8.93. The average molecular weight is 388 g/mol. The van der Waals surface area contributed by atoms with Gasteiger partial charge in [0.05, 0.1) is 16.3 Å². The highest BCUT2D eigenvalue weighted by Crippen LogP contribution is 2.27. The molecule has 0 unspecified atom stereocenters. The normalized spacial score (nSPS) is 16.2. The van der Waals surface area contributed by atoms with Gasteiger partial charge in [-0.15, -0.1) is 0 Å². The van der Waals surface area contributed by atoms with Crippen molar-refractivity contribution < 1.29 is 13.2 Å². The summed E-state index contributed by atoms with van der Waals surface area (Å²) in [6, 6.07) is 12.5. The van der Waals surface area contributed by atoms with Gasteiger partial charge in [-0.1, -0.05) is 29.8 Å². The fraction of sp³-hybridized carbons (Fsp3) is 0.350. The number of nitrogens with two attached hydrogens (primary N) is 1. The number of benzene rings is 2. The lowest BCUT2D eigenvalue weighted by Gasteiger charge is -2.31. The first-order chi connectivity index (χ1) is 12.8. The molecule has 1 saturated heterocycles. The topological polar surface area (TPSA) is 92.5 Å². The first-order valence-electron chi connectivity index (χ1n) is 9.02. The van der Waals surface area contributed by atoms with Crippen LogP contribution in [0, 0.1) is 19.8 Å². The average Bonchev–Trinajstić information content (AvgIpc) is 2.63. The highest BCUT2D eigenvalue weighted by atomic mass is 32.2. The van der Waals surface area contributed by atoms with Crippen LogP contribution in [0.1, 0.15) is 24.0 Å². The van der Waals surface area contributed by atoms with Gasteiger partial charge in [-0.25, -0.2) is 8.42 Å². The Morgan fingerprint density at radius 2 is 1.78 bits per heavy atom. The summed E-state index contributed by atoms with van der Waals surface area (Å²) in [4.78, 5) is 12.8. The van der Waals surface area contributed by atoms with E-state index < -0.39 is 10.0 Å². The Balaban J connectivity index is 1.66. The van der Waals surface area contributed by atoms with E-state index >= 15 is 0 Å². The molecule has 0 aromatic heterocycles. The van der Waals surface area contributed by atoms with Crippen molar-refractivity contribution in [2.75, 3.05) is 24.1 Å². The first-order valence-corrected chi connectivity index (χ1v) is 10.5. The van der Waals surface area contributed by atoms with Crippen molar-refractivity contribution in [3.05, 3.63) is 53.6 Å². The van der Waals surface area contributed by atoms with Crippen LogP contribution in [-0.2, 0) is 14.8 Å². The van der Waals surface area contributed by atoms with Gasteiger partial charge in [-0.05, 0) is 50.5 Å². The molecular weight excluding hydrogens is 362 g/mol. The van der Waals surface area contributed by atoms with Crippen molar-refractivity contribution in [3.63, 3.8) is 0 Å². The third-order valence-electron chi connectivity index (χ3n) is 4.99. The highest BCUT2D eigenvalue weighted by Gasteiger charge is 2.32. The smallest absolute Gasteiger partial charge is 0.243 e. The number of piperidine rings is 1. The maximum atomic E-state index is 12.9. The Bertz CT molecular complexity index is 949. The molecule has 0 radical (unpaired) electrons. The number of nitrogens with one attached hydrogen (secondary N) is 1. The molecule has 6 nitrogen and oxygen atoms in total. The van der Waals surface area contributed by atoms with E-state index in [0.717, 1.165) is 11.1 Å². The fourth-order valence-electron chi connectivity index (χ4n) is 3.43. The highest BCUT2D eigenvalue weighted by molar-refractivity contribution is 7.89. The predicted octanol–water partition coefficient (Wildman–Crippen LogP) is 2.93. The molecule has 3 N–H and O–H groups in total. The minimum atomic E-state index is -3.54. The zero-order valence-electron chi connectivity index (χ0n) is 15.6. The van der Waals surface area contributed by atoms with Gasteiger partial charge in [-0.2, -0.15) is 4.31 Å². The minimum absolute atomic E-state index is 0.114. The molecule has 0 saturated carbocycles. The lowest BCUT2D eigenvalue weighted by atomic mass is 9.97. The molecule has 1 aliphatic heterocycles. The van der Waals surface area contributed by atoms with Crippen LogP contribution in [0.4, 0.5) is 11.4 Å². The summed E-state index contributed by atoms with van der Waals surface area (Å²) in [5.74, 6) is -0.341. The van der Waals surface area contributed by atoms with Gasteiger partial charge in [0.25, 0.3) is 0 Å². The van der Waals surface area contributed by atoms with Crippen molar-refractivity contribution in [2.45, 2.75) is 31.6 Å². The number of hydrogen-bond donors (Lipinski definition) is 2. The Labute approximate surface area is 160 Å². The van der Waals surface area contributed by atoms with Crippen LogP contribution in [0.15, 0.2) is 47.4 Å². The number of aryl methyl sites for hydroxylation is 2. The van der Waals surface area contributed by atoms with E-state index in [2.05, 4.69) is 5.32 Å². The van der Waals surface area contributed by atoms with Gasteiger partial charge in [0, 0.05) is 19.0 Å². The van der Waals surface area contributed by atoms with E-state index in [9.17, 15) is 13.2 Å². The molecule has 2 aromatic rings. The van der Waals surface area contributed by atoms with E-state index in [4.69, 9.17) is 5.73 Å². The van der Waals surface area contributed by atoms with Crippen LogP contribution in [0.25, 0.3) is 0 Å². The number of nitrogen functional groups attached to an aromatic ring is 1. The Hall–Kier alpha value is -2.38. The number of hydrogen-bond acceptors (Lipinski definition) is 4. The Morgan fingerprint density at radius 1 is 1.11 bits per heavy atom. The van der Waals surface area contributed by atoms with Crippen molar-refractivity contribution in [1.29, 1.82) is 0 Å². The SMILES string of the molecule is Cc1ccc(S(=O)(=O)N2CCC(C(=O)Nc3ccccc3N)CC2)c(C)c1. The Kier molecular flexibility index (Phi) is 5.53. The number of para-hydroxylation sites is 2. The van der Waals surface area contributed by atoms with E-state index in [1.54, 1.807) is 24.3 Å². The standard InChI is InChI=1S/C20H25N3O3S/c1-14-7-8-19(15(2)13-14)27(25,26)23-11-9-16(10-12-23)20(24)22-18-6-4-3-5-17(18)21/h3-8,13,16H,9-12,21H2,1-2H3,(H,22,24). The molecule has 1 aliphatic rings. The molecule has 3 rings (SSSR count). The second-order valence-electron chi connectivity index (χ2n) is 7.02. The number of carbonyl (C=O) groups is 1. The van der Waals surface area contributed by atoms with Crippen LogP contribution < -0.4 is 11.1 Å². The molecule has 27 heavy (non-hydrogen) atoms. The summed E-state index contributed by atoms with van der Waals surface area (Å²) >= 11 is 0. The quantitative estimate of drug-likeness (QED) is 0.789. The lowest BCUT2D eigenvalue weighted by Crippen LogP contribution is -2.41. The fourth-order valence-corrected chi connectivity index (χ4v) is 5.11. The second kappa shape index (κ2) is 7.70. The first kappa shape index (κ1) is 19.4. The summed E-state index contributed by atoms with van der Waals surface area (Å²) in [6.45, 7) is 4.41. The predicted molar refractivity (Wildman–Crippen MR) is 107 cm³/mol. The number of sulfonamides is 1. The van der Waals surface area contributed by atoms with Gasteiger partial charge < -0.3 is 11.1 Å². The van der Waals surface area contributed by atoms with Crippen molar-refractivity contribution in [2.24, 2.45) is 5.92 Å². The molecule has 0 bridgehead atoms. The van der Waals surface area contributed by atoms with E-state index in [1.807, 2.05) is 32.0 Å². The number of anilines is 2. The van der Waals surface area contributed by atoms with E-state index in [-0.39, 0.29) is 11.8 Å². The number of carbonyl (C=O) groups excluding carboxylic acids is 1. The Morgan fingerprint density at radius 3 is 2.41 bits per heavy atom. The number of rotatable bonds is 4. The van der Waals surface area contributed by atoms with Crippen molar-refractivity contribution in [1.82, 2.24) is 4.31 Å². The van der Waals surface area contributed by atoms with Gasteiger partial charge in [0.15, 0.2) is 0 Å². The summed E-state index contributed by atoms with van der Waals surface area (Å²) in [5.41, 5.74) is 8.74. The van der Waals surface area contributed by atoms with Crippen LogP contribution in [0.2, 0.25) is 0 Å². The largest absolute Gasteiger partial charge is 0.397 e. The molecule has 0 spiro atoms. The molecule has 1 fully saturated rings. The van der Waals surface area contributed by atoms with Crippen molar-refractivity contribution in [3.8, 4) is 0 Å². The molecule has 0 atom stereocenters. The zero-order chi connectivity index (χ0) is 19.6. The third-order valence-corrected chi connectivity index (χ3v) is 7.05. The summed E-state index contributed by atoms with van der Waals surface area (Å²) in [5, 5.41) is 2.85. The van der Waals surface area contributed by atoms with E-state index in [1.165, 1.54) is 4.31 Å². The number of amides is 1. The van der Waals surface area contributed by atoms with Crippen LogP contribution in [-0.4, -0.2) is 31.7 Å². The molecule has 7 heteroatoms. The zero-order valence-corrected chi connectivity index (χ0v) is 16.4. The maximum Gasteiger partial charge on any atom is 0.243 e. The van der Waals surface area contributed by atoms with Gasteiger partial charge >= 0.3 is 0 Å². The van der Waals surface area contributed by atoms with Gasteiger partial charge in [0.2, 0.25) is 15.9 Å². The minimum Gasteiger partial charge on any atom is -0.397 e. The third kappa shape index (κ3) is 4.14. The molecule has 1 heterocycles. The monoisotopic (exact) mass is 387 g/mol. The lowest BCUT2D eigenvalue weighted by molar-refractivity contribution is -0.120. The van der Waals surface area contributed by atoms with Crippen molar-refractivity contribution >= 4 is 27.3 Å². The van der Waals surface area contributed by atoms with E-state index in [0.29, 0.717) is 42.2 Å². The molecule has 2 aromatic carbocycles. The van der Waals surface area contributed by atoms with Crippen LogP contribution >= 0.6 is 0 Å². The molecule has 1 amide bonds. The summed E-state index contributed by atoms with van der Waals surface area (Å²) < 4.78 is 27.4. The maximum absolute atomic E-state index is 12.9. The molecule has 144 valence electrons.